The lowest BCUT2D eigenvalue weighted by Gasteiger charge is -2.06. The highest BCUT2D eigenvalue weighted by Gasteiger charge is 2.09. The minimum atomic E-state index is -0.141. The van der Waals surface area contributed by atoms with Crippen molar-refractivity contribution in [2.24, 2.45) is 0 Å². The summed E-state index contributed by atoms with van der Waals surface area (Å²) < 4.78 is 2.90. The zero-order valence-corrected chi connectivity index (χ0v) is 10.1. The second-order valence-electron chi connectivity index (χ2n) is 3.48. The maximum absolute atomic E-state index is 11.4. The van der Waals surface area contributed by atoms with Gasteiger partial charge in [0.25, 0.3) is 5.56 Å². The largest absolute Gasteiger partial charge is 0.297 e. The quantitative estimate of drug-likeness (QED) is 0.816. The average molecular weight is 303 g/mol. The average Bonchev–Trinajstić information content (AvgIpc) is 2.47. The molecule has 5 heteroatoms. The standard InChI is InChI=1S/C9H10IN3O/c1-5(2)8-11-12-9(14)7-3-6(10)4-13(7)8/h3-5H,1-2H3,(H,12,14). The van der Waals surface area contributed by atoms with E-state index < -0.39 is 0 Å². The molecule has 2 aromatic rings. The van der Waals surface area contributed by atoms with Gasteiger partial charge in [0, 0.05) is 15.7 Å². The molecule has 0 aliphatic rings. The van der Waals surface area contributed by atoms with Gasteiger partial charge >= 0.3 is 0 Å². The second-order valence-corrected chi connectivity index (χ2v) is 4.72. The summed E-state index contributed by atoms with van der Waals surface area (Å²) in [6.45, 7) is 4.10. The van der Waals surface area contributed by atoms with Crippen molar-refractivity contribution < 1.29 is 0 Å². The highest BCUT2D eigenvalue weighted by molar-refractivity contribution is 14.1. The van der Waals surface area contributed by atoms with Crippen molar-refractivity contribution in [3.63, 3.8) is 0 Å². The Morgan fingerprint density at radius 1 is 1.57 bits per heavy atom. The van der Waals surface area contributed by atoms with Crippen molar-refractivity contribution in [3.05, 3.63) is 32.0 Å². The Morgan fingerprint density at radius 2 is 2.29 bits per heavy atom. The van der Waals surface area contributed by atoms with Crippen LogP contribution in [0.25, 0.3) is 5.52 Å². The van der Waals surface area contributed by atoms with Gasteiger partial charge in [-0.1, -0.05) is 13.8 Å². The molecule has 14 heavy (non-hydrogen) atoms. The zero-order valence-electron chi connectivity index (χ0n) is 7.91. The van der Waals surface area contributed by atoms with Gasteiger partial charge in [0.15, 0.2) is 0 Å². The van der Waals surface area contributed by atoms with E-state index in [0.29, 0.717) is 5.52 Å². The Balaban J connectivity index is 2.88. The molecule has 0 atom stereocenters. The molecule has 0 spiro atoms. The number of hydrogen-bond acceptors (Lipinski definition) is 2. The third-order valence-electron chi connectivity index (χ3n) is 2.05. The molecule has 0 unspecified atom stereocenters. The van der Waals surface area contributed by atoms with Crippen LogP contribution in [0, 0.1) is 3.57 Å². The first-order valence-electron chi connectivity index (χ1n) is 4.36. The summed E-state index contributed by atoms with van der Waals surface area (Å²) in [6, 6.07) is 1.85. The van der Waals surface area contributed by atoms with E-state index in [4.69, 9.17) is 0 Å². The smallest absolute Gasteiger partial charge is 0.288 e. The Bertz CT molecular complexity index is 526. The molecule has 0 fully saturated rings. The van der Waals surface area contributed by atoms with E-state index in [1.165, 1.54) is 0 Å². The van der Waals surface area contributed by atoms with Crippen LogP contribution in [0.5, 0.6) is 0 Å². The Morgan fingerprint density at radius 3 is 2.93 bits per heavy atom. The van der Waals surface area contributed by atoms with E-state index in [0.717, 1.165) is 9.39 Å². The molecular weight excluding hydrogens is 293 g/mol. The van der Waals surface area contributed by atoms with Crippen molar-refractivity contribution in [2.75, 3.05) is 0 Å². The fourth-order valence-electron chi connectivity index (χ4n) is 1.42. The van der Waals surface area contributed by atoms with Crippen molar-refractivity contribution in [2.45, 2.75) is 19.8 Å². The van der Waals surface area contributed by atoms with Crippen LogP contribution in [-0.4, -0.2) is 14.6 Å². The maximum Gasteiger partial charge on any atom is 0.288 e. The Hall–Kier alpha value is -0.850. The molecule has 0 bridgehead atoms. The molecule has 0 aromatic carbocycles. The van der Waals surface area contributed by atoms with E-state index >= 15 is 0 Å². The summed E-state index contributed by atoms with van der Waals surface area (Å²) in [5.41, 5.74) is 0.519. The van der Waals surface area contributed by atoms with Gasteiger partial charge in [0.2, 0.25) is 0 Å². The molecule has 0 aliphatic heterocycles. The van der Waals surface area contributed by atoms with Crippen molar-refractivity contribution in [1.29, 1.82) is 0 Å². The summed E-state index contributed by atoms with van der Waals surface area (Å²) >= 11 is 2.19. The fraction of sp³-hybridized carbons (Fsp3) is 0.333. The first-order valence-corrected chi connectivity index (χ1v) is 5.43. The molecule has 2 heterocycles. The minimum Gasteiger partial charge on any atom is -0.297 e. The lowest BCUT2D eigenvalue weighted by atomic mass is 10.2. The molecule has 0 saturated heterocycles. The molecule has 1 N–H and O–H groups in total. The van der Waals surface area contributed by atoms with Gasteiger partial charge in [-0.3, -0.25) is 9.20 Å². The van der Waals surface area contributed by atoms with E-state index in [1.807, 2.05) is 30.5 Å². The fourth-order valence-corrected chi connectivity index (χ4v) is 1.99. The first-order chi connectivity index (χ1) is 6.59. The number of nitrogens with one attached hydrogen (secondary N) is 1. The van der Waals surface area contributed by atoms with Crippen molar-refractivity contribution in [1.82, 2.24) is 14.6 Å². The van der Waals surface area contributed by atoms with Gasteiger partial charge in [-0.05, 0) is 28.7 Å². The van der Waals surface area contributed by atoms with Crippen molar-refractivity contribution >= 4 is 28.1 Å². The topological polar surface area (TPSA) is 50.2 Å². The molecule has 0 saturated carbocycles. The number of aromatic amines is 1. The predicted octanol–water partition coefficient (Wildman–Crippen LogP) is 1.75. The number of nitrogens with zero attached hydrogens (tertiary/aromatic N) is 2. The molecule has 74 valence electrons. The van der Waals surface area contributed by atoms with E-state index in [2.05, 4.69) is 32.8 Å². The highest BCUT2D eigenvalue weighted by Crippen LogP contribution is 2.14. The SMILES string of the molecule is CC(C)c1n[nH]c(=O)c2cc(I)cn12. The van der Waals surface area contributed by atoms with Gasteiger partial charge < -0.3 is 0 Å². The van der Waals surface area contributed by atoms with E-state index in [9.17, 15) is 4.79 Å². The summed E-state index contributed by atoms with van der Waals surface area (Å²) in [5.74, 6) is 1.17. The van der Waals surface area contributed by atoms with Crippen LogP contribution >= 0.6 is 22.6 Å². The van der Waals surface area contributed by atoms with Crippen LogP contribution < -0.4 is 5.56 Å². The Labute approximate surface area is 94.5 Å². The minimum absolute atomic E-state index is 0.141. The lowest BCUT2D eigenvalue weighted by Crippen LogP contribution is -2.15. The number of aromatic nitrogens is 3. The van der Waals surface area contributed by atoms with Gasteiger partial charge in [-0.2, -0.15) is 5.10 Å². The van der Waals surface area contributed by atoms with E-state index in [-0.39, 0.29) is 11.5 Å². The third-order valence-corrected chi connectivity index (χ3v) is 2.64. The van der Waals surface area contributed by atoms with Crippen LogP contribution in [0.2, 0.25) is 0 Å². The third kappa shape index (κ3) is 1.45. The molecule has 0 aliphatic carbocycles. The molecular formula is C9H10IN3O. The monoisotopic (exact) mass is 303 g/mol. The molecule has 0 amide bonds. The van der Waals surface area contributed by atoms with Gasteiger partial charge in [-0.15, -0.1) is 0 Å². The van der Waals surface area contributed by atoms with Crippen molar-refractivity contribution in [3.8, 4) is 0 Å². The number of rotatable bonds is 1. The van der Waals surface area contributed by atoms with Gasteiger partial charge in [0.05, 0.1) is 0 Å². The van der Waals surface area contributed by atoms with Crippen LogP contribution in [0.4, 0.5) is 0 Å². The number of H-pyrrole nitrogens is 1. The molecule has 0 radical (unpaired) electrons. The number of halogens is 1. The molecule has 4 nitrogen and oxygen atoms in total. The normalized spacial score (nSPS) is 11.4. The summed E-state index contributed by atoms with van der Waals surface area (Å²) in [5, 5.41) is 6.55. The van der Waals surface area contributed by atoms with E-state index in [1.54, 1.807) is 0 Å². The molecule has 2 aromatic heterocycles. The van der Waals surface area contributed by atoms with Crippen LogP contribution in [0.3, 0.4) is 0 Å². The highest BCUT2D eigenvalue weighted by atomic mass is 127. The van der Waals surface area contributed by atoms with Crippen LogP contribution in [0.1, 0.15) is 25.6 Å². The predicted molar refractivity (Wildman–Crippen MR) is 62.6 cm³/mol. The van der Waals surface area contributed by atoms with Gasteiger partial charge in [-0.25, -0.2) is 5.10 Å². The van der Waals surface area contributed by atoms with Crippen LogP contribution in [0.15, 0.2) is 17.1 Å². The zero-order chi connectivity index (χ0) is 10.3. The molecule has 2 rings (SSSR count). The summed E-state index contributed by atoms with van der Waals surface area (Å²) in [7, 11) is 0. The number of hydrogen-bond donors (Lipinski definition) is 1. The lowest BCUT2D eigenvalue weighted by molar-refractivity contribution is 0.711. The van der Waals surface area contributed by atoms with Gasteiger partial charge in [0.1, 0.15) is 11.3 Å². The first kappa shape index (κ1) is 9.70. The van der Waals surface area contributed by atoms with Crippen LogP contribution in [-0.2, 0) is 0 Å². The maximum atomic E-state index is 11.4. The summed E-state index contributed by atoms with van der Waals surface area (Å²) in [4.78, 5) is 11.4. The number of fused-ring (bicyclic) bond motifs is 1. The Kier molecular flexibility index (Phi) is 2.34. The second kappa shape index (κ2) is 3.38. The summed E-state index contributed by atoms with van der Waals surface area (Å²) in [6.07, 6.45) is 1.92.